The van der Waals surface area contributed by atoms with Gasteiger partial charge in [-0.05, 0) is 18.9 Å². The van der Waals surface area contributed by atoms with Crippen LogP contribution in [-0.2, 0) is 18.4 Å². The molecule has 4 N–H and O–H groups in total. The number of aromatic hydroxyl groups is 1. The van der Waals surface area contributed by atoms with Gasteiger partial charge in [-0.1, -0.05) is 11.6 Å². The van der Waals surface area contributed by atoms with Crippen molar-refractivity contribution < 1.29 is 36.6 Å². The molecule has 248 valence electrons. The number of phenols is 1. The van der Waals surface area contributed by atoms with Crippen LogP contribution in [0.25, 0.3) is 22.2 Å². The van der Waals surface area contributed by atoms with Crippen molar-refractivity contribution in [1.82, 2.24) is 24.0 Å². The molecule has 1 aromatic carbocycles. The first-order chi connectivity index (χ1) is 22.1. The quantitative estimate of drug-likeness (QED) is 0.252. The van der Waals surface area contributed by atoms with E-state index < -0.39 is 65.2 Å². The smallest absolute Gasteiger partial charge is 0.401 e. The molecule has 2 aliphatic rings. The monoisotopic (exact) mass is 680 g/mol. The third kappa shape index (κ3) is 5.95. The molecule has 2 bridgehead atoms. The molecule has 4 aromatic rings. The minimum Gasteiger partial charge on any atom is -0.504 e. The summed E-state index contributed by atoms with van der Waals surface area (Å²) >= 11 is 6.34. The Bertz CT molecular complexity index is 1980. The molecule has 2 amide bonds. The number of benzene rings is 1. The van der Waals surface area contributed by atoms with Gasteiger partial charge in [-0.2, -0.15) is 17.6 Å². The number of carbonyl (C=O) groups is 2. The maximum Gasteiger partial charge on any atom is 0.401 e. The topological polar surface area (TPSA) is 152 Å². The molecule has 0 saturated carbocycles. The minimum absolute atomic E-state index is 0.0680. The van der Waals surface area contributed by atoms with Gasteiger partial charge >= 0.3 is 6.18 Å². The van der Waals surface area contributed by atoms with E-state index in [9.17, 15) is 37.1 Å². The molecule has 0 aliphatic carbocycles. The number of fused-ring (bicyclic) bond motifs is 3. The van der Waals surface area contributed by atoms with Gasteiger partial charge in [0.05, 0.1) is 40.7 Å². The van der Waals surface area contributed by atoms with Gasteiger partial charge in [-0.25, -0.2) is 14.4 Å². The first-order valence-corrected chi connectivity index (χ1v) is 14.6. The Morgan fingerprint density at radius 3 is 2.43 bits per heavy atom. The lowest BCUT2D eigenvalue weighted by Gasteiger charge is -2.42. The second-order valence-corrected chi connectivity index (χ2v) is 11.9. The molecule has 0 radical (unpaired) electrons. The van der Waals surface area contributed by atoms with Crippen molar-refractivity contribution in [2.24, 2.45) is 12.8 Å². The van der Waals surface area contributed by atoms with Crippen LogP contribution >= 0.6 is 11.6 Å². The van der Waals surface area contributed by atoms with Gasteiger partial charge in [0.2, 0.25) is 11.7 Å². The summed E-state index contributed by atoms with van der Waals surface area (Å²) in [7, 11) is 1.37. The fourth-order valence-electron chi connectivity index (χ4n) is 6.35. The standard InChI is InChI=1S/C29H26ClF5N8O4/c1-40-12-38-27-22(28(40)47)17(15-4-16(26(36)46)25(45)24(32)23(15)31)9-42(27)10-21(44)39-19-5-20(37-6-18(19)30)43-13-2-3-14(43)8-41(7-13)11-29(33,34)35/h4-6,9,12-14,45H,2-3,7-8,10-11H2,1H3,(H2,36,46)(H,37,39,44). The number of piperazine rings is 1. The zero-order valence-electron chi connectivity index (χ0n) is 24.5. The van der Waals surface area contributed by atoms with Crippen LogP contribution in [0.15, 0.2) is 35.6 Å². The summed E-state index contributed by atoms with van der Waals surface area (Å²) in [5.41, 5.74) is 3.13. The second kappa shape index (κ2) is 11.8. The van der Waals surface area contributed by atoms with Crippen molar-refractivity contribution in [2.45, 2.75) is 37.6 Å². The maximum absolute atomic E-state index is 15.1. The van der Waals surface area contributed by atoms with Gasteiger partial charge < -0.3 is 30.2 Å². The summed E-state index contributed by atoms with van der Waals surface area (Å²) in [5.74, 6) is -6.10. The van der Waals surface area contributed by atoms with E-state index in [1.54, 1.807) is 0 Å². The molecule has 2 atom stereocenters. The predicted molar refractivity (Wildman–Crippen MR) is 160 cm³/mol. The van der Waals surface area contributed by atoms with Gasteiger partial charge in [0.1, 0.15) is 18.0 Å². The van der Waals surface area contributed by atoms with Crippen LogP contribution in [-0.4, -0.2) is 78.8 Å². The predicted octanol–water partition coefficient (Wildman–Crippen LogP) is 3.39. The number of hydrogen-bond donors (Lipinski definition) is 3. The van der Waals surface area contributed by atoms with Crippen LogP contribution in [0, 0.1) is 11.6 Å². The van der Waals surface area contributed by atoms with Crippen LogP contribution in [0.2, 0.25) is 5.02 Å². The molecular weight excluding hydrogens is 655 g/mol. The zero-order valence-corrected chi connectivity index (χ0v) is 25.2. The summed E-state index contributed by atoms with van der Waals surface area (Å²) < 4.78 is 71.1. The van der Waals surface area contributed by atoms with Gasteiger partial charge in [-0.3, -0.25) is 19.3 Å². The van der Waals surface area contributed by atoms with Crippen LogP contribution in [0.4, 0.5) is 33.5 Å². The summed E-state index contributed by atoms with van der Waals surface area (Å²) in [6, 6.07) is 1.90. The van der Waals surface area contributed by atoms with Crippen molar-refractivity contribution in [1.29, 1.82) is 0 Å². The lowest BCUT2D eigenvalue weighted by molar-refractivity contribution is -0.147. The van der Waals surface area contributed by atoms with Gasteiger partial charge in [0, 0.05) is 55.6 Å². The molecule has 6 rings (SSSR count). The molecular formula is C29H26ClF5N8O4. The van der Waals surface area contributed by atoms with E-state index in [-0.39, 0.29) is 52.5 Å². The number of likely N-dealkylation sites (tertiary alicyclic amines) is 1. The van der Waals surface area contributed by atoms with Crippen LogP contribution in [0.3, 0.4) is 0 Å². The number of aryl methyl sites for hydroxylation is 1. The van der Waals surface area contributed by atoms with E-state index in [0.717, 1.165) is 10.6 Å². The molecule has 2 unspecified atom stereocenters. The lowest BCUT2D eigenvalue weighted by Crippen LogP contribution is -2.55. The van der Waals surface area contributed by atoms with Crippen LogP contribution < -0.4 is 21.5 Å². The first kappa shape index (κ1) is 32.2. The number of nitrogens with two attached hydrogens (primary N) is 1. The highest BCUT2D eigenvalue weighted by atomic mass is 35.5. The van der Waals surface area contributed by atoms with Crippen molar-refractivity contribution in [3.63, 3.8) is 0 Å². The SMILES string of the molecule is Cn1cnc2c(c(-c3cc(C(N)=O)c(O)c(F)c3F)cn2CC(=O)Nc2cc(N3C4CCC3CN(CC(F)(F)F)C4)ncc2Cl)c1=O. The fourth-order valence-corrected chi connectivity index (χ4v) is 6.50. The van der Waals surface area contributed by atoms with Crippen LogP contribution in [0.5, 0.6) is 5.75 Å². The number of anilines is 2. The number of nitrogens with one attached hydrogen (secondary N) is 1. The summed E-state index contributed by atoms with van der Waals surface area (Å²) in [6.07, 6.45) is 0.698. The van der Waals surface area contributed by atoms with Crippen molar-refractivity contribution in [3.8, 4) is 16.9 Å². The molecule has 2 saturated heterocycles. The molecule has 12 nitrogen and oxygen atoms in total. The third-order valence-corrected chi connectivity index (χ3v) is 8.63. The van der Waals surface area contributed by atoms with E-state index in [4.69, 9.17) is 17.3 Å². The Hall–Kier alpha value is -4.77. The van der Waals surface area contributed by atoms with Gasteiger partial charge in [0.15, 0.2) is 11.6 Å². The van der Waals surface area contributed by atoms with Crippen molar-refractivity contribution in [3.05, 3.63) is 63.4 Å². The summed E-state index contributed by atoms with van der Waals surface area (Å²) in [6.45, 7) is -1.09. The Morgan fingerprint density at radius 2 is 1.79 bits per heavy atom. The molecule has 2 aliphatic heterocycles. The normalized spacial score (nSPS) is 18.2. The fraction of sp³-hybridized carbons (Fsp3) is 0.345. The number of nitrogens with zero attached hydrogens (tertiary/aromatic N) is 6. The number of aromatic nitrogens is 4. The first-order valence-electron chi connectivity index (χ1n) is 14.2. The number of amides is 2. The Labute approximate surface area is 267 Å². The van der Waals surface area contributed by atoms with Gasteiger partial charge in [0.25, 0.3) is 11.5 Å². The number of primary amides is 1. The van der Waals surface area contributed by atoms with E-state index in [2.05, 4.69) is 15.3 Å². The highest BCUT2D eigenvalue weighted by Crippen LogP contribution is 2.38. The van der Waals surface area contributed by atoms with E-state index in [0.29, 0.717) is 18.7 Å². The molecule has 3 aromatic heterocycles. The molecule has 18 heteroatoms. The lowest BCUT2D eigenvalue weighted by atomic mass is 10.0. The number of rotatable bonds is 7. The average Bonchev–Trinajstić information content (AvgIpc) is 3.48. The largest absolute Gasteiger partial charge is 0.504 e. The Kier molecular flexibility index (Phi) is 8.07. The van der Waals surface area contributed by atoms with E-state index in [1.165, 1.54) is 41.3 Å². The molecule has 2 fully saturated rings. The minimum atomic E-state index is -4.31. The van der Waals surface area contributed by atoms with E-state index in [1.807, 2.05) is 4.90 Å². The van der Waals surface area contributed by atoms with Crippen molar-refractivity contribution in [2.75, 3.05) is 29.9 Å². The Morgan fingerprint density at radius 1 is 1.11 bits per heavy atom. The Balaban J connectivity index is 1.29. The summed E-state index contributed by atoms with van der Waals surface area (Å²) in [4.78, 5) is 50.1. The van der Waals surface area contributed by atoms with Crippen LogP contribution in [0.1, 0.15) is 23.2 Å². The highest BCUT2D eigenvalue weighted by molar-refractivity contribution is 6.33. The molecule has 5 heterocycles. The summed E-state index contributed by atoms with van der Waals surface area (Å²) in [5, 5.41) is 12.4. The van der Waals surface area contributed by atoms with Crippen molar-refractivity contribution >= 4 is 46.0 Å². The number of halogens is 6. The number of hydrogen-bond acceptors (Lipinski definition) is 8. The molecule has 47 heavy (non-hydrogen) atoms. The number of carbonyl (C=O) groups excluding carboxylic acids is 2. The highest BCUT2D eigenvalue weighted by Gasteiger charge is 2.43. The zero-order chi connectivity index (χ0) is 33.9. The second-order valence-electron chi connectivity index (χ2n) is 11.5. The van der Waals surface area contributed by atoms with E-state index >= 15 is 4.39 Å². The average molecular weight is 681 g/mol. The van der Waals surface area contributed by atoms with Gasteiger partial charge in [-0.15, -0.1) is 0 Å². The maximum atomic E-state index is 15.1. The number of pyridine rings is 1. The number of alkyl halides is 3. The third-order valence-electron chi connectivity index (χ3n) is 8.33. The molecule has 0 spiro atoms.